The molecule has 3 fully saturated rings. The average molecular weight is 411 g/mol. The number of hydrogen-bond donors (Lipinski definition) is 3. The number of anilines is 1. The van der Waals surface area contributed by atoms with Crippen molar-refractivity contribution in [3.8, 4) is 0 Å². The van der Waals surface area contributed by atoms with Crippen LogP contribution in [0.1, 0.15) is 50.0 Å². The molecule has 1 spiro atoms. The van der Waals surface area contributed by atoms with Gasteiger partial charge in [0.2, 0.25) is 0 Å². The minimum atomic E-state index is -0.225. The van der Waals surface area contributed by atoms with Gasteiger partial charge in [-0.1, -0.05) is 6.92 Å². The Morgan fingerprint density at radius 2 is 2.13 bits per heavy atom. The Labute approximate surface area is 176 Å². The molecule has 0 radical (unpaired) electrons. The van der Waals surface area contributed by atoms with Crippen LogP contribution in [0, 0.1) is 5.92 Å². The predicted octanol–water partition coefficient (Wildman–Crippen LogP) is 2.55. The van der Waals surface area contributed by atoms with Crippen LogP contribution >= 0.6 is 0 Å². The van der Waals surface area contributed by atoms with Crippen molar-refractivity contribution in [3.05, 3.63) is 23.9 Å². The second-order valence-corrected chi connectivity index (χ2v) is 8.80. The molecular weight excluding hydrogens is 380 g/mol. The summed E-state index contributed by atoms with van der Waals surface area (Å²) in [5.41, 5.74) is 2.40. The Hall–Kier alpha value is -2.61. The van der Waals surface area contributed by atoms with Gasteiger partial charge < -0.3 is 16.0 Å². The van der Waals surface area contributed by atoms with Crippen molar-refractivity contribution < 1.29 is 9.59 Å². The van der Waals surface area contributed by atoms with E-state index in [0.717, 1.165) is 30.4 Å². The summed E-state index contributed by atoms with van der Waals surface area (Å²) in [4.78, 5) is 27.7. The van der Waals surface area contributed by atoms with E-state index in [1.807, 2.05) is 36.7 Å². The molecule has 1 saturated carbocycles. The maximum Gasteiger partial charge on any atom is 0.319 e. The number of nitrogens with one attached hydrogen (secondary N) is 3. The number of amides is 3. The first-order valence-corrected chi connectivity index (χ1v) is 11.2. The Morgan fingerprint density at radius 1 is 1.27 bits per heavy atom. The summed E-state index contributed by atoms with van der Waals surface area (Å²) in [5.74, 6) is 0.496. The quantitative estimate of drug-likeness (QED) is 0.683. The number of hydrogen-bond acceptors (Lipinski definition) is 4. The highest BCUT2D eigenvalue weighted by molar-refractivity contribution is 6.06. The largest absolute Gasteiger partial charge is 0.346 e. The van der Waals surface area contributed by atoms with Gasteiger partial charge in [-0.3, -0.25) is 14.4 Å². The number of aryl methyl sites for hydroxylation is 1. The van der Waals surface area contributed by atoms with Crippen molar-refractivity contribution in [1.82, 2.24) is 25.3 Å². The summed E-state index contributed by atoms with van der Waals surface area (Å²) in [6, 6.07) is 5.59. The van der Waals surface area contributed by atoms with Crippen LogP contribution in [0.25, 0.3) is 10.9 Å². The number of aromatic nitrogens is 2. The van der Waals surface area contributed by atoms with Gasteiger partial charge >= 0.3 is 6.03 Å². The third-order valence-electron chi connectivity index (χ3n) is 7.30. The number of urea groups is 1. The molecule has 1 aliphatic carbocycles. The van der Waals surface area contributed by atoms with E-state index in [2.05, 4.69) is 25.9 Å². The smallest absolute Gasteiger partial charge is 0.319 e. The van der Waals surface area contributed by atoms with Crippen molar-refractivity contribution in [2.75, 3.05) is 25.0 Å². The number of carbonyl (C=O) groups excluding carboxylic acids is 2. The van der Waals surface area contributed by atoms with Crippen molar-refractivity contribution in [2.24, 2.45) is 5.92 Å². The Kier molecular flexibility index (Phi) is 4.69. The second kappa shape index (κ2) is 7.27. The van der Waals surface area contributed by atoms with E-state index >= 15 is 0 Å². The molecule has 1 unspecified atom stereocenters. The molecule has 2 aliphatic heterocycles. The van der Waals surface area contributed by atoms with E-state index in [1.165, 1.54) is 19.3 Å². The maximum absolute atomic E-state index is 13.1. The van der Waals surface area contributed by atoms with Gasteiger partial charge in [0.1, 0.15) is 0 Å². The standard InChI is InChI=1S/C22H30N6O2/c1-3-10-23-21(30)24-14-5-6-15-18(12-14)28(4-2)26-19(15)20(29)25-17-13-27-11-9-22(27)8-7-16(17)22/h5-6,12,16-17H,3-4,7-11,13H2,1-2H3,(H,25,29)(H2,23,24,30)/t16-,17-,22?/m1/s1. The number of rotatable bonds is 6. The molecule has 0 bridgehead atoms. The van der Waals surface area contributed by atoms with Crippen molar-refractivity contribution in [2.45, 2.75) is 57.7 Å². The van der Waals surface area contributed by atoms with E-state index in [4.69, 9.17) is 0 Å². The lowest BCUT2D eigenvalue weighted by Crippen LogP contribution is -2.64. The van der Waals surface area contributed by atoms with Crippen LogP contribution in [0.2, 0.25) is 0 Å². The van der Waals surface area contributed by atoms with Crippen molar-refractivity contribution in [1.29, 1.82) is 0 Å². The topological polar surface area (TPSA) is 91.3 Å². The Bertz CT molecular complexity index is 997. The van der Waals surface area contributed by atoms with Gasteiger partial charge in [-0.25, -0.2) is 4.79 Å². The van der Waals surface area contributed by atoms with Gasteiger partial charge in [-0.05, 0) is 56.7 Å². The summed E-state index contributed by atoms with van der Waals surface area (Å²) >= 11 is 0. The second-order valence-electron chi connectivity index (χ2n) is 8.80. The molecule has 8 nitrogen and oxygen atoms in total. The first-order chi connectivity index (χ1) is 14.6. The molecular formula is C22H30N6O2. The van der Waals surface area contributed by atoms with E-state index in [-0.39, 0.29) is 18.0 Å². The third kappa shape index (κ3) is 2.88. The van der Waals surface area contributed by atoms with Crippen LogP contribution in [0.3, 0.4) is 0 Å². The first-order valence-electron chi connectivity index (χ1n) is 11.2. The van der Waals surface area contributed by atoms with Gasteiger partial charge in [-0.2, -0.15) is 5.10 Å². The van der Waals surface area contributed by atoms with Crippen molar-refractivity contribution >= 4 is 28.5 Å². The van der Waals surface area contributed by atoms with Gasteiger partial charge in [-0.15, -0.1) is 0 Å². The number of benzene rings is 1. The molecule has 1 aromatic carbocycles. The average Bonchev–Trinajstić information content (AvgIpc) is 3.12. The molecule has 1 aromatic heterocycles. The summed E-state index contributed by atoms with van der Waals surface area (Å²) in [6.45, 7) is 7.42. The molecule has 3 aliphatic rings. The lowest BCUT2D eigenvalue weighted by Gasteiger charge is -2.58. The maximum atomic E-state index is 13.1. The van der Waals surface area contributed by atoms with Crippen LogP contribution in [-0.4, -0.2) is 57.8 Å². The van der Waals surface area contributed by atoms with Crippen LogP contribution in [0.4, 0.5) is 10.5 Å². The molecule has 3 N–H and O–H groups in total. The van der Waals surface area contributed by atoms with Gasteiger partial charge in [0, 0.05) is 48.8 Å². The normalized spacial score (nSPS) is 27.0. The van der Waals surface area contributed by atoms with Crippen LogP contribution in [-0.2, 0) is 6.54 Å². The van der Waals surface area contributed by atoms with E-state index in [1.54, 1.807) is 0 Å². The number of fused-ring (bicyclic) bond motifs is 1. The molecule has 2 saturated heterocycles. The molecule has 3 heterocycles. The molecule has 3 amide bonds. The highest BCUT2D eigenvalue weighted by Crippen LogP contribution is 2.57. The summed E-state index contributed by atoms with van der Waals surface area (Å²) in [5, 5.41) is 14.4. The number of carbonyl (C=O) groups is 2. The van der Waals surface area contributed by atoms with Gasteiger partial charge in [0.15, 0.2) is 5.69 Å². The number of nitrogens with zero attached hydrogens (tertiary/aromatic N) is 3. The molecule has 8 heteroatoms. The molecule has 30 heavy (non-hydrogen) atoms. The minimum absolute atomic E-state index is 0.0943. The summed E-state index contributed by atoms with van der Waals surface area (Å²) in [7, 11) is 0. The SMILES string of the molecule is CCCNC(=O)Nc1ccc2c(C(=O)N[C@@H]3CN4CCC45CC[C@H]35)nn(CC)c2c1. The first kappa shape index (κ1) is 19.4. The molecule has 3 atom stereocenters. The molecule has 160 valence electrons. The van der Waals surface area contributed by atoms with Gasteiger partial charge in [0.05, 0.1) is 5.52 Å². The predicted molar refractivity (Wildman–Crippen MR) is 116 cm³/mol. The van der Waals surface area contributed by atoms with Crippen LogP contribution < -0.4 is 16.0 Å². The van der Waals surface area contributed by atoms with E-state index in [9.17, 15) is 9.59 Å². The zero-order chi connectivity index (χ0) is 20.9. The van der Waals surface area contributed by atoms with Gasteiger partial charge in [0.25, 0.3) is 5.91 Å². The fourth-order valence-corrected chi connectivity index (χ4v) is 5.58. The molecule has 5 rings (SSSR count). The van der Waals surface area contributed by atoms with E-state index in [0.29, 0.717) is 35.9 Å². The molecule has 2 aromatic rings. The van der Waals surface area contributed by atoms with Crippen LogP contribution in [0.5, 0.6) is 0 Å². The highest BCUT2D eigenvalue weighted by Gasteiger charge is 2.63. The summed E-state index contributed by atoms with van der Waals surface area (Å²) < 4.78 is 1.83. The lowest BCUT2D eigenvalue weighted by molar-refractivity contribution is -0.0676. The fourth-order valence-electron chi connectivity index (χ4n) is 5.58. The zero-order valence-corrected chi connectivity index (χ0v) is 17.7. The lowest BCUT2D eigenvalue weighted by atomic mass is 9.61. The minimum Gasteiger partial charge on any atom is -0.346 e. The third-order valence-corrected chi connectivity index (χ3v) is 7.30. The highest BCUT2D eigenvalue weighted by atomic mass is 16.2. The summed E-state index contributed by atoms with van der Waals surface area (Å²) in [6.07, 6.45) is 4.65. The monoisotopic (exact) mass is 410 g/mol. The van der Waals surface area contributed by atoms with Crippen molar-refractivity contribution in [3.63, 3.8) is 0 Å². The fraction of sp³-hybridized carbons (Fsp3) is 0.591. The zero-order valence-electron chi connectivity index (χ0n) is 17.7. The van der Waals surface area contributed by atoms with Crippen LogP contribution in [0.15, 0.2) is 18.2 Å². The Morgan fingerprint density at radius 3 is 2.77 bits per heavy atom. The Balaban J connectivity index is 1.35. The van der Waals surface area contributed by atoms with E-state index < -0.39 is 0 Å².